The van der Waals surface area contributed by atoms with Crippen LogP contribution in [0.15, 0.2) is 30.6 Å². The lowest BCUT2D eigenvalue weighted by molar-refractivity contribution is -0.383. The lowest BCUT2D eigenvalue weighted by Gasteiger charge is -2.16. The first-order valence-electron chi connectivity index (χ1n) is 6.58. The van der Waals surface area contributed by atoms with Crippen molar-refractivity contribution in [3.05, 3.63) is 40.7 Å². The minimum Gasteiger partial charge on any atom is -0.480 e. The molecule has 1 aromatic carbocycles. The maximum Gasteiger partial charge on any atom is 0.326 e. The van der Waals surface area contributed by atoms with Crippen molar-refractivity contribution in [3.63, 3.8) is 0 Å². The summed E-state index contributed by atoms with van der Waals surface area (Å²) in [6.45, 7) is 0. The van der Waals surface area contributed by atoms with Crippen LogP contribution in [0.4, 0.5) is 11.4 Å². The third-order valence-electron chi connectivity index (χ3n) is 3.66. The fourth-order valence-electron chi connectivity index (χ4n) is 2.44. The molecule has 1 heterocycles. The van der Waals surface area contributed by atoms with Gasteiger partial charge in [-0.1, -0.05) is 0 Å². The van der Waals surface area contributed by atoms with Crippen molar-refractivity contribution in [2.24, 2.45) is 5.92 Å². The first kappa shape index (κ1) is 13.3. The number of carboxylic acids is 1. The molecule has 0 spiro atoms. The molecule has 0 aliphatic heterocycles. The van der Waals surface area contributed by atoms with Crippen molar-refractivity contribution in [2.75, 3.05) is 5.32 Å². The van der Waals surface area contributed by atoms with E-state index in [1.54, 1.807) is 12.1 Å². The maximum absolute atomic E-state index is 11.3. The van der Waals surface area contributed by atoms with Gasteiger partial charge >= 0.3 is 5.97 Å². The van der Waals surface area contributed by atoms with Crippen LogP contribution in [0, 0.1) is 16.0 Å². The Bertz CT molecular complexity index is 727. The third-order valence-corrected chi connectivity index (χ3v) is 3.66. The molecule has 0 radical (unpaired) electrons. The number of rotatable bonds is 5. The minimum absolute atomic E-state index is 0.0399. The summed E-state index contributed by atoms with van der Waals surface area (Å²) in [4.78, 5) is 25.8. The number of aromatic nitrogens is 1. The smallest absolute Gasteiger partial charge is 0.326 e. The van der Waals surface area contributed by atoms with E-state index in [0.717, 1.165) is 12.8 Å². The largest absolute Gasteiger partial charge is 0.480 e. The fourth-order valence-corrected chi connectivity index (χ4v) is 2.44. The molecule has 0 amide bonds. The zero-order chi connectivity index (χ0) is 15.0. The summed E-state index contributed by atoms with van der Waals surface area (Å²) >= 11 is 0. The van der Waals surface area contributed by atoms with Crippen molar-refractivity contribution in [2.45, 2.75) is 18.9 Å². The number of hydrogen-bond acceptors (Lipinski definition) is 5. The Balaban J connectivity index is 2.05. The minimum atomic E-state index is -0.905. The van der Waals surface area contributed by atoms with Gasteiger partial charge in [0.05, 0.1) is 10.3 Å². The molecule has 1 fully saturated rings. The summed E-state index contributed by atoms with van der Waals surface area (Å²) < 4.78 is 0. The van der Waals surface area contributed by atoms with E-state index in [1.807, 2.05) is 0 Å². The van der Waals surface area contributed by atoms with Crippen molar-refractivity contribution in [1.82, 2.24) is 4.98 Å². The lowest BCUT2D eigenvalue weighted by Crippen LogP contribution is -2.31. The molecule has 1 aliphatic rings. The van der Waals surface area contributed by atoms with E-state index in [9.17, 15) is 20.0 Å². The molecule has 1 aromatic heterocycles. The summed E-state index contributed by atoms with van der Waals surface area (Å²) in [5, 5.41) is 24.3. The molecule has 7 heteroatoms. The number of nitrogens with one attached hydrogen (secondary N) is 1. The van der Waals surface area contributed by atoms with Crippen molar-refractivity contribution in [1.29, 1.82) is 0 Å². The van der Waals surface area contributed by atoms with E-state index < -0.39 is 16.9 Å². The van der Waals surface area contributed by atoms with Gasteiger partial charge in [0, 0.05) is 29.5 Å². The van der Waals surface area contributed by atoms with E-state index >= 15 is 0 Å². The Kier molecular flexibility index (Phi) is 3.17. The predicted molar refractivity (Wildman–Crippen MR) is 76.2 cm³/mol. The van der Waals surface area contributed by atoms with Gasteiger partial charge in [0.1, 0.15) is 6.04 Å². The summed E-state index contributed by atoms with van der Waals surface area (Å²) in [5.74, 6) is -0.785. The second-order valence-electron chi connectivity index (χ2n) is 5.11. The molecular formula is C14H13N3O4. The van der Waals surface area contributed by atoms with Gasteiger partial charge in [-0.2, -0.15) is 0 Å². The average Bonchev–Trinajstić information content (AvgIpc) is 3.28. The first-order chi connectivity index (χ1) is 10.1. The van der Waals surface area contributed by atoms with E-state index in [4.69, 9.17) is 0 Å². The van der Waals surface area contributed by atoms with Crippen LogP contribution in [0.3, 0.4) is 0 Å². The number of nitrogens with zero attached hydrogens (tertiary/aromatic N) is 2. The van der Waals surface area contributed by atoms with Gasteiger partial charge in [0.2, 0.25) is 0 Å². The number of anilines is 1. The van der Waals surface area contributed by atoms with Gasteiger partial charge in [0.15, 0.2) is 0 Å². The molecule has 21 heavy (non-hydrogen) atoms. The van der Waals surface area contributed by atoms with Crippen molar-refractivity contribution in [3.8, 4) is 0 Å². The van der Waals surface area contributed by atoms with Gasteiger partial charge < -0.3 is 10.4 Å². The van der Waals surface area contributed by atoms with Crippen LogP contribution in [0.5, 0.6) is 0 Å². The maximum atomic E-state index is 11.3. The Labute approximate surface area is 119 Å². The summed E-state index contributed by atoms with van der Waals surface area (Å²) in [7, 11) is 0. The average molecular weight is 287 g/mol. The van der Waals surface area contributed by atoms with E-state index in [0.29, 0.717) is 16.5 Å². The molecule has 108 valence electrons. The monoisotopic (exact) mass is 287 g/mol. The molecule has 3 rings (SSSR count). The summed E-state index contributed by atoms with van der Waals surface area (Å²) in [6.07, 6.45) is 4.72. The molecule has 1 aliphatic carbocycles. The highest BCUT2D eigenvalue weighted by Crippen LogP contribution is 2.37. The zero-order valence-electron chi connectivity index (χ0n) is 11.0. The summed E-state index contributed by atoms with van der Waals surface area (Å²) in [5.41, 5.74) is 0.541. The molecule has 0 bridgehead atoms. The number of benzene rings is 1. The van der Waals surface area contributed by atoms with E-state index in [1.165, 1.54) is 18.5 Å². The molecule has 1 atom stereocenters. The molecule has 2 N–H and O–H groups in total. The molecular weight excluding hydrogens is 274 g/mol. The fraction of sp³-hybridized carbons (Fsp3) is 0.286. The number of non-ortho nitro benzene ring substituents is 1. The van der Waals surface area contributed by atoms with Crippen LogP contribution in [-0.4, -0.2) is 27.0 Å². The van der Waals surface area contributed by atoms with E-state index in [2.05, 4.69) is 10.3 Å². The number of pyridine rings is 1. The van der Waals surface area contributed by atoms with Crippen LogP contribution in [0.1, 0.15) is 12.8 Å². The SMILES string of the molecule is O=C(O)C(Nc1ccc([N+](=O)[O-])c2cnccc12)C1CC1. The number of nitro benzene ring substituents is 1. The van der Waals surface area contributed by atoms with Gasteiger partial charge in [-0.15, -0.1) is 0 Å². The lowest BCUT2D eigenvalue weighted by atomic mass is 10.1. The van der Waals surface area contributed by atoms with Crippen molar-refractivity contribution < 1.29 is 14.8 Å². The van der Waals surface area contributed by atoms with E-state index in [-0.39, 0.29) is 11.6 Å². The highest BCUT2D eigenvalue weighted by molar-refractivity contribution is 6.00. The second-order valence-corrected chi connectivity index (χ2v) is 5.11. The first-order valence-corrected chi connectivity index (χ1v) is 6.58. The van der Waals surface area contributed by atoms with Crippen molar-refractivity contribution >= 4 is 28.1 Å². The number of carboxylic acid groups (broad SMARTS) is 1. The Morgan fingerprint density at radius 2 is 2.14 bits per heavy atom. The standard InChI is InChI=1S/C14H13N3O4/c18-14(19)13(8-1-2-8)16-11-3-4-12(17(20)21)10-7-15-6-5-9(10)11/h3-8,13,16H,1-2H2,(H,18,19). The molecule has 2 aromatic rings. The number of carbonyl (C=O) groups is 1. The third kappa shape index (κ3) is 2.49. The van der Waals surface area contributed by atoms with Gasteiger partial charge in [-0.25, -0.2) is 4.79 Å². The number of fused-ring (bicyclic) bond motifs is 1. The van der Waals surface area contributed by atoms with Gasteiger partial charge in [-0.05, 0) is 30.9 Å². The molecule has 1 unspecified atom stereocenters. The molecule has 0 saturated heterocycles. The highest BCUT2D eigenvalue weighted by atomic mass is 16.6. The topological polar surface area (TPSA) is 105 Å². The zero-order valence-corrected chi connectivity index (χ0v) is 11.0. The molecule has 1 saturated carbocycles. The van der Waals surface area contributed by atoms with Gasteiger partial charge in [-0.3, -0.25) is 15.1 Å². The Morgan fingerprint density at radius 3 is 2.76 bits per heavy atom. The Hall–Kier alpha value is -2.70. The van der Waals surface area contributed by atoms with Crippen LogP contribution < -0.4 is 5.32 Å². The van der Waals surface area contributed by atoms with Crippen LogP contribution >= 0.6 is 0 Å². The normalized spacial score (nSPS) is 15.6. The molecule has 7 nitrogen and oxygen atoms in total. The summed E-state index contributed by atoms with van der Waals surface area (Å²) in [6, 6.07) is 3.91. The highest BCUT2D eigenvalue weighted by Gasteiger charge is 2.36. The van der Waals surface area contributed by atoms with Gasteiger partial charge in [0.25, 0.3) is 5.69 Å². The van der Waals surface area contributed by atoms with Crippen LogP contribution in [0.25, 0.3) is 10.8 Å². The predicted octanol–water partition coefficient (Wildman–Crippen LogP) is 2.42. The number of hydrogen-bond donors (Lipinski definition) is 2. The quantitative estimate of drug-likeness (QED) is 0.646. The Morgan fingerprint density at radius 1 is 1.38 bits per heavy atom. The second kappa shape index (κ2) is 5.01. The number of nitro groups is 1. The van der Waals surface area contributed by atoms with Crippen LogP contribution in [0.2, 0.25) is 0 Å². The number of aliphatic carboxylic acids is 1. The van der Waals surface area contributed by atoms with Crippen LogP contribution in [-0.2, 0) is 4.79 Å².